The first kappa shape index (κ1) is 17.4. The summed E-state index contributed by atoms with van der Waals surface area (Å²) >= 11 is 0. The summed E-state index contributed by atoms with van der Waals surface area (Å²) in [5.74, 6) is -0.816. The largest absolute Gasteiger partial charge is 0.481 e. The van der Waals surface area contributed by atoms with Gasteiger partial charge in [-0.1, -0.05) is 12.2 Å². The van der Waals surface area contributed by atoms with E-state index < -0.39 is 23.1 Å². The van der Waals surface area contributed by atoms with Crippen LogP contribution in [0, 0.1) is 5.41 Å². The molecule has 3 nitrogen and oxygen atoms in total. The van der Waals surface area contributed by atoms with E-state index in [2.05, 4.69) is 5.32 Å². The van der Waals surface area contributed by atoms with E-state index in [1.54, 1.807) is 19.1 Å². The Morgan fingerprint density at radius 1 is 1.26 bits per heavy atom. The van der Waals surface area contributed by atoms with E-state index in [0.29, 0.717) is 31.4 Å². The van der Waals surface area contributed by atoms with Gasteiger partial charge in [-0.05, 0) is 56.9 Å². The average Bonchev–Trinajstić information content (AvgIpc) is 2.49. The number of benzene rings is 1. The van der Waals surface area contributed by atoms with Crippen LogP contribution in [0.1, 0.15) is 38.2 Å². The standard InChI is InChI=1S/C17H20F3NO2/c1-2-9-16(15(22)23)10-7-14(8-11-16)21-13-5-3-12(4-6-13)17(18,19)20/h2-6,9,14,21H,7-8,10-11H2,1H3,(H,22,23)/b9-2+. The van der Waals surface area contributed by atoms with Crippen molar-refractivity contribution < 1.29 is 23.1 Å². The van der Waals surface area contributed by atoms with Gasteiger partial charge in [0.15, 0.2) is 0 Å². The van der Waals surface area contributed by atoms with E-state index in [1.165, 1.54) is 12.1 Å². The molecule has 0 unspecified atom stereocenters. The third kappa shape index (κ3) is 4.06. The maximum Gasteiger partial charge on any atom is 0.416 e. The lowest BCUT2D eigenvalue weighted by Gasteiger charge is -2.35. The van der Waals surface area contributed by atoms with Gasteiger partial charge < -0.3 is 10.4 Å². The van der Waals surface area contributed by atoms with Gasteiger partial charge in [0.2, 0.25) is 0 Å². The summed E-state index contributed by atoms with van der Waals surface area (Å²) in [6, 6.07) is 4.99. The van der Waals surface area contributed by atoms with Crippen molar-refractivity contribution in [3.63, 3.8) is 0 Å². The highest BCUT2D eigenvalue weighted by Gasteiger charge is 2.39. The van der Waals surface area contributed by atoms with E-state index in [1.807, 2.05) is 0 Å². The number of rotatable bonds is 4. The van der Waals surface area contributed by atoms with Crippen LogP contribution in [0.25, 0.3) is 0 Å². The molecule has 0 aromatic heterocycles. The lowest BCUT2D eigenvalue weighted by atomic mass is 9.72. The predicted octanol–water partition coefficient (Wildman–Crippen LogP) is 4.71. The van der Waals surface area contributed by atoms with Crippen molar-refractivity contribution in [3.8, 4) is 0 Å². The highest BCUT2D eigenvalue weighted by Crippen LogP contribution is 2.39. The highest BCUT2D eigenvalue weighted by molar-refractivity contribution is 5.77. The third-order valence-corrected chi connectivity index (χ3v) is 4.37. The molecule has 2 rings (SSSR count). The third-order valence-electron chi connectivity index (χ3n) is 4.37. The van der Waals surface area contributed by atoms with Crippen molar-refractivity contribution in [2.75, 3.05) is 5.32 Å². The number of carboxylic acids is 1. The second-order valence-electron chi connectivity index (χ2n) is 5.96. The van der Waals surface area contributed by atoms with Crippen molar-refractivity contribution in [2.45, 2.75) is 44.8 Å². The monoisotopic (exact) mass is 327 g/mol. The van der Waals surface area contributed by atoms with E-state index in [9.17, 15) is 23.1 Å². The maximum absolute atomic E-state index is 12.5. The van der Waals surface area contributed by atoms with Gasteiger partial charge in [-0.25, -0.2) is 0 Å². The molecule has 0 atom stereocenters. The second kappa shape index (κ2) is 6.64. The summed E-state index contributed by atoms with van der Waals surface area (Å²) in [6.07, 6.45) is 1.53. The number of carboxylic acid groups (broad SMARTS) is 1. The average molecular weight is 327 g/mol. The van der Waals surface area contributed by atoms with Gasteiger partial charge in [0.25, 0.3) is 0 Å². The number of hydrogen-bond donors (Lipinski definition) is 2. The molecule has 0 spiro atoms. The molecule has 1 aliphatic rings. The van der Waals surface area contributed by atoms with Gasteiger partial charge in [0.1, 0.15) is 0 Å². The van der Waals surface area contributed by atoms with Crippen molar-refractivity contribution in [2.24, 2.45) is 5.41 Å². The van der Waals surface area contributed by atoms with E-state index in [4.69, 9.17) is 0 Å². The smallest absolute Gasteiger partial charge is 0.416 e. The van der Waals surface area contributed by atoms with Crippen LogP contribution in [-0.4, -0.2) is 17.1 Å². The molecule has 1 aliphatic carbocycles. The SMILES string of the molecule is C/C=C/C1(C(=O)O)CCC(Nc2ccc(C(F)(F)F)cc2)CC1. The molecule has 1 aromatic rings. The number of alkyl halides is 3. The van der Waals surface area contributed by atoms with Crippen LogP contribution in [0.4, 0.5) is 18.9 Å². The molecule has 0 amide bonds. The van der Waals surface area contributed by atoms with Gasteiger partial charge in [-0.3, -0.25) is 4.79 Å². The second-order valence-corrected chi connectivity index (χ2v) is 5.96. The normalized spacial score (nSPS) is 25.5. The van der Waals surface area contributed by atoms with Crippen LogP contribution < -0.4 is 5.32 Å². The van der Waals surface area contributed by atoms with Crippen molar-refractivity contribution in [1.29, 1.82) is 0 Å². The van der Waals surface area contributed by atoms with Gasteiger partial charge in [0.05, 0.1) is 11.0 Å². The summed E-state index contributed by atoms with van der Waals surface area (Å²) in [4.78, 5) is 11.5. The molecule has 0 saturated heterocycles. The minimum atomic E-state index is -4.34. The first-order valence-corrected chi connectivity index (χ1v) is 7.58. The van der Waals surface area contributed by atoms with Crippen molar-refractivity contribution >= 4 is 11.7 Å². The minimum absolute atomic E-state index is 0.0736. The Kier molecular flexibility index (Phi) is 5.02. The fourth-order valence-corrected chi connectivity index (χ4v) is 3.04. The summed E-state index contributed by atoms with van der Waals surface area (Å²) in [5.41, 5.74) is -0.867. The molecule has 0 bridgehead atoms. The van der Waals surface area contributed by atoms with E-state index >= 15 is 0 Å². The molecular formula is C17H20F3NO2. The van der Waals surface area contributed by atoms with E-state index in [0.717, 1.165) is 12.1 Å². The quantitative estimate of drug-likeness (QED) is 0.788. The molecule has 1 fully saturated rings. The van der Waals surface area contributed by atoms with E-state index in [-0.39, 0.29) is 6.04 Å². The lowest BCUT2D eigenvalue weighted by Crippen LogP contribution is -2.37. The van der Waals surface area contributed by atoms with Crippen LogP contribution >= 0.6 is 0 Å². The van der Waals surface area contributed by atoms with Crippen LogP contribution in [-0.2, 0) is 11.0 Å². The van der Waals surface area contributed by atoms with Crippen LogP contribution in [0.5, 0.6) is 0 Å². The zero-order valence-corrected chi connectivity index (χ0v) is 12.9. The Balaban J connectivity index is 1.98. The summed E-state index contributed by atoms with van der Waals surface area (Å²) in [5, 5.41) is 12.6. The first-order chi connectivity index (χ1) is 10.8. The molecule has 126 valence electrons. The molecular weight excluding hydrogens is 307 g/mol. The number of nitrogens with one attached hydrogen (secondary N) is 1. The predicted molar refractivity (Wildman–Crippen MR) is 82.2 cm³/mol. The number of halogens is 3. The minimum Gasteiger partial charge on any atom is -0.481 e. The summed E-state index contributed by atoms with van der Waals surface area (Å²) in [6.45, 7) is 1.80. The Morgan fingerprint density at radius 2 is 1.83 bits per heavy atom. The Labute approximate surface area is 133 Å². The van der Waals surface area contributed by atoms with Gasteiger partial charge in [-0.15, -0.1) is 0 Å². The molecule has 0 heterocycles. The van der Waals surface area contributed by atoms with Gasteiger partial charge >= 0.3 is 12.1 Å². The molecule has 0 aliphatic heterocycles. The lowest BCUT2D eigenvalue weighted by molar-refractivity contribution is -0.147. The fraction of sp³-hybridized carbons (Fsp3) is 0.471. The van der Waals surface area contributed by atoms with Crippen LogP contribution in [0.15, 0.2) is 36.4 Å². The van der Waals surface area contributed by atoms with Crippen molar-refractivity contribution in [1.82, 2.24) is 0 Å². The number of aliphatic carboxylic acids is 1. The number of carbonyl (C=O) groups is 1. The number of hydrogen-bond acceptors (Lipinski definition) is 2. The molecule has 6 heteroatoms. The zero-order chi connectivity index (χ0) is 17.1. The molecule has 1 aromatic carbocycles. The fourth-order valence-electron chi connectivity index (χ4n) is 3.04. The number of anilines is 1. The maximum atomic E-state index is 12.5. The summed E-state index contributed by atoms with van der Waals surface area (Å²) < 4.78 is 37.6. The Bertz CT molecular complexity index is 570. The highest BCUT2D eigenvalue weighted by atomic mass is 19.4. The molecule has 2 N–H and O–H groups in total. The Hall–Kier alpha value is -1.98. The topological polar surface area (TPSA) is 49.3 Å². The Morgan fingerprint density at radius 3 is 2.26 bits per heavy atom. The van der Waals surface area contributed by atoms with Crippen molar-refractivity contribution in [3.05, 3.63) is 42.0 Å². The number of allylic oxidation sites excluding steroid dienone is 1. The first-order valence-electron chi connectivity index (χ1n) is 7.58. The molecule has 0 radical (unpaired) electrons. The van der Waals surface area contributed by atoms with Crippen LogP contribution in [0.3, 0.4) is 0 Å². The summed E-state index contributed by atoms with van der Waals surface area (Å²) in [7, 11) is 0. The molecule has 1 saturated carbocycles. The zero-order valence-electron chi connectivity index (χ0n) is 12.9. The molecule has 23 heavy (non-hydrogen) atoms. The van der Waals surface area contributed by atoms with Gasteiger partial charge in [-0.2, -0.15) is 13.2 Å². The van der Waals surface area contributed by atoms with Crippen LogP contribution in [0.2, 0.25) is 0 Å². The van der Waals surface area contributed by atoms with Gasteiger partial charge in [0, 0.05) is 11.7 Å².